The average molecular weight is 504 g/mol. The maximum atomic E-state index is 13.1. The number of carbonyl (C=O) groups excluding carboxylic acids is 2. The van der Waals surface area contributed by atoms with Crippen LogP contribution in [0.3, 0.4) is 0 Å². The van der Waals surface area contributed by atoms with Crippen molar-refractivity contribution in [3.63, 3.8) is 0 Å². The van der Waals surface area contributed by atoms with Crippen molar-refractivity contribution in [3.8, 4) is 0 Å². The Morgan fingerprint density at radius 3 is 2.12 bits per heavy atom. The van der Waals surface area contributed by atoms with Gasteiger partial charge in [-0.25, -0.2) is 8.42 Å². The number of nitrogens with one attached hydrogen (secondary N) is 1. The molecule has 2 amide bonds. The van der Waals surface area contributed by atoms with Gasteiger partial charge in [0.15, 0.2) is 0 Å². The fourth-order valence-corrected chi connectivity index (χ4v) is 6.17. The SMILES string of the molecule is O=C(Nc1ccccc1C(=O)N1CCCCCC1)C1CCN(S(=O)(=O)c2ccc(Cl)cc2)CC1. The summed E-state index contributed by atoms with van der Waals surface area (Å²) in [6.07, 6.45) is 5.10. The number of hydrogen-bond acceptors (Lipinski definition) is 4. The molecule has 2 aromatic carbocycles. The van der Waals surface area contributed by atoms with Gasteiger partial charge in [0.25, 0.3) is 5.91 Å². The van der Waals surface area contributed by atoms with E-state index in [0.29, 0.717) is 29.1 Å². The molecular weight excluding hydrogens is 474 g/mol. The molecule has 2 aliphatic heterocycles. The Balaban J connectivity index is 1.39. The Labute approximate surface area is 206 Å². The van der Waals surface area contributed by atoms with Gasteiger partial charge in [-0.2, -0.15) is 4.31 Å². The van der Waals surface area contributed by atoms with Crippen LogP contribution in [0, 0.1) is 5.92 Å². The van der Waals surface area contributed by atoms with Crippen molar-refractivity contribution >= 4 is 39.1 Å². The molecule has 0 spiro atoms. The summed E-state index contributed by atoms with van der Waals surface area (Å²) in [5.74, 6) is -0.556. The monoisotopic (exact) mass is 503 g/mol. The fourth-order valence-electron chi connectivity index (χ4n) is 4.57. The normalized spacial score (nSPS) is 18.3. The van der Waals surface area contributed by atoms with Crippen LogP contribution in [0.1, 0.15) is 48.9 Å². The van der Waals surface area contributed by atoms with E-state index in [1.165, 1.54) is 16.4 Å². The van der Waals surface area contributed by atoms with Crippen molar-refractivity contribution in [2.75, 3.05) is 31.5 Å². The molecule has 0 aromatic heterocycles. The number of halogens is 1. The van der Waals surface area contributed by atoms with Crippen LogP contribution in [0.15, 0.2) is 53.4 Å². The number of hydrogen-bond donors (Lipinski definition) is 1. The van der Waals surface area contributed by atoms with E-state index >= 15 is 0 Å². The lowest BCUT2D eigenvalue weighted by Gasteiger charge is -2.30. The summed E-state index contributed by atoms with van der Waals surface area (Å²) in [6, 6.07) is 13.2. The fraction of sp³-hybridized carbons (Fsp3) is 0.440. The average Bonchev–Trinajstić information content (AvgIpc) is 3.14. The first-order valence-electron chi connectivity index (χ1n) is 11.8. The van der Waals surface area contributed by atoms with Gasteiger partial charge in [0.1, 0.15) is 0 Å². The van der Waals surface area contributed by atoms with Gasteiger partial charge in [-0.05, 0) is 62.1 Å². The predicted octanol–water partition coefficient (Wildman–Crippen LogP) is 4.40. The number of rotatable bonds is 5. The minimum absolute atomic E-state index is 0.0540. The summed E-state index contributed by atoms with van der Waals surface area (Å²) in [5.41, 5.74) is 1.01. The zero-order valence-corrected chi connectivity index (χ0v) is 20.7. The molecule has 0 atom stereocenters. The van der Waals surface area contributed by atoms with Crippen molar-refractivity contribution in [2.24, 2.45) is 5.92 Å². The van der Waals surface area contributed by atoms with Crippen LogP contribution in [0.5, 0.6) is 0 Å². The summed E-state index contributed by atoms with van der Waals surface area (Å²) >= 11 is 5.87. The molecule has 34 heavy (non-hydrogen) atoms. The van der Waals surface area contributed by atoms with E-state index in [9.17, 15) is 18.0 Å². The molecule has 2 saturated heterocycles. The van der Waals surface area contributed by atoms with E-state index in [1.54, 1.807) is 36.4 Å². The Morgan fingerprint density at radius 2 is 1.47 bits per heavy atom. The van der Waals surface area contributed by atoms with Gasteiger partial charge in [-0.15, -0.1) is 0 Å². The Hall–Kier alpha value is -2.42. The second kappa shape index (κ2) is 10.9. The molecule has 2 aliphatic rings. The summed E-state index contributed by atoms with van der Waals surface area (Å²) in [5, 5.41) is 3.41. The van der Waals surface area contributed by atoms with E-state index in [2.05, 4.69) is 5.32 Å². The number of para-hydroxylation sites is 1. The quantitative estimate of drug-likeness (QED) is 0.655. The van der Waals surface area contributed by atoms with E-state index in [4.69, 9.17) is 11.6 Å². The number of carbonyl (C=O) groups is 2. The van der Waals surface area contributed by atoms with Crippen LogP contribution in [-0.2, 0) is 14.8 Å². The molecule has 2 fully saturated rings. The molecule has 0 bridgehead atoms. The van der Waals surface area contributed by atoms with Gasteiger partial charge in [-0.3, -0.25) is 9.59 Å². The molecule has 0 aliphatic carbocycles. The Kier molecular flexibility index (Phi) is 7.91. The van der Waals surface area contributed by atoms with Crippen LogP contribution < -0.4 is 5.32 Å². The first-order valence-corrected chi connectivity index (χ1v) is 13.6. The van der Waals surface area contributed by atoms with Crippen LogP contribution in [0.4, 0.5) is 5.69 Å². The van der Waals surface area contributed by atoms with Crippen molar-refractivity contribution < 1.29 is 18.0 Å². The molecule has 0 saturated carbocycles. The van der Waals surface area contributed by atoms with Gasteiger partial charge >= 0.3 is 0 Å². The van der Waals surface area contributed by atoms with Crippen LogP contribution in [0.25, 0.3) is 0 Å². The summed E-state index contributed by atoms with van der Waals surface area (Å²) in [6.45, 7) is 2.00. The lowest BCUT2D eigenvalue weighted by molar-refractivity contribution is -0.120. The smallest absolute Gasteiger partial charge is 0.255 e. The van der Waals surface area contributed by atoms with Crippen LogP contribution in [0.2, 0.25) is 5.02 Å². The Bertz CT molecular complexity index is 1120. The predicted molar refractivity (Wildman–Crippen MR) is 132 cm³/mol. The Morgan fingerprint density at radius 1 is 0.853 bits per heavy atom. The lowest BCUT2D eigenvalue weighted by Crippen LogP contribution is -2.41. The van der Waals surface area contributed by atoms with Crippen molar-refractivity contribution in [1.29, 1.82) is 0 Å². The third-order valence-electron chi connectivity index (χ3n) is 6.58. The highest BCUT2D eigenvalue weighted by Crippen LogP contribution is 2.27. The molecule has 182 valence electrons. The molecule has 7 nitrogen and oxygen atoms in total. The zero-order chi connectivity index (χ0) is 24.1. The lowest BCUT2D eigenvalue weighted by atomic mass is 9.97. The number of benzene rings is 2. The molecule has 0 radical (unpaired) electrons. The second-order valence-electron chi connectivity index (χ2n) is 8.87. The number of amides is 2. The first-order chi connectivity index (χ1) is 16.4. The topological polar surface area (TPSA) is 86.8 Å². The van der Waals surface area contributed by atoms with Gasteiger partial charge < -0.3 is 10.2 Å². The third kappa shape index (κ3) is 5.62. The maximum absolute atomic E-state index is 13.1. The third-order valence-corrected chi connectivity index (χ3v) is 8.75. The van der Waals surface area contributed by atoms with E-state index in [0.717, 1.165) is 38.8 Å². The number of sulfonamides is 1. The van der Waals surface area contributed by atoms with Gasteiger partial charge in [-0.1, -0.05) is 36.6 Å². The minimum Gasteiger partial charge on any atom is -0.339 e. The standard InChI is InChI=1S/C25H30ClN3O4S/c26-20-9-11-21(12-10-20)34(32,33)29-17-13-19(14-18-29)24(30)27-23-8-4-3-7-22(23)25(31)28-15-5-1-2-6-16-28/h3-4,7-12,19H,1-2,5-6,13-18H2,(H,27,30). The van der Waals surface area contributed by atoms with Crippen molar-refractivity contribution in [2.45, 2.75) is 43.4 Å². The number of likely N-dealkylation sites (tertiary alicyclic amines) is 1. The summed E-state index contributed by atoms with van der Waals surface area (Å²) in [4.78, 5) is 28.2. The van der Waals surface area contributed by atoms with Crippen molar-refractivity contribution in [1.82, 2.24) is 9.21 Å². The van der Waals surface area contributed by atoms with Crippen LogP contribution in [-0.4, -0.2) is 55.6 Å². The van der Waals surface area contributed by atoms with Crippen LogP contribution >= 0.6 is 11.6 Å². The molecule has 2 aromatic rings. The van der Waals surface area contributed by atoms with E-state index in [1.807, 2.05) is 4.90 Å². The zero-order valence-electron chi connectivity index (χ0n) is 19.1. The van der Waals surface area contributed by atoms with E-state index in [-0.39, 0.29) is 35.7 Å². The highest BCUT2D eigenvalue weighted by molar-refractivity contribution is 7.89. The minimum atomic E-state index is -3.63. The van der Waals surface area contributed by atoms with E-state index < -0.39 is 10.0 Å². The molecule has 9 heteroatoms. The highest BCUT2D eigenvalue weighted by Gasteiger charge is 2.32. The maximum Gasteiger partial charge on any atom is 0.255 e. The van der Waals surface area contributed by atoms with Gasteiger partial charge in [0.2, 0.25) is 15.9 Å². The molecule has 1 N–H and O–H groups in total. The molecular formula is C25H30ClN3O4S. The molecule has 2 heterocycles. The molecule has 4 rings (SSSR count). The number of anilines is 1. The van der Waals surface area contributed by atoms with Crippen molar-refractivity contribution in [3.05, 3.63) is 59.1 Å². The molecule has 0 unspecified atom stereocenters. The van der Waals surface area contributed by atoms with Gasteiger partial charge in [0, 0.05) is 37.1 Å². The number of nitrogens with zero attached hydrogens (tertiary/aromatic N) is 2. The first kappa shape index (κ1) is 24.7. The second-order valence-corrected chi connectivity index (χ2v) is 11.2. The summed E-state index contributed by atoms with van der Waals surface area (Å²) < 4.78 is 27.2. The van der Waals surface area contributed by atoms with Gasteiger partial charge in [0.05, 0.1) is 16.1 Å². The largest absolute Gasteiger partial charge is 0.339 e. The highest BCUT2D eigenvalue weighted by atomic mass is 35.5. The number of piperidine rings is 1. The summed E-state index contributed by atoms with van der Waals surface area (Å²) in [7, 11) is -3.63.